The van der Waals surface area contributed by atoms with Crippen LogP contribution in [0.15, 0.2) is 0 Å². The van der Waals surface area contributed by atoms with Crippen molar-refractivity contribution in [3.63, 3.8) is 0 Å². The number of halogens is 1. The molecule has 116 valence electrons. The summed E-state index contributed by atoms with van der Waals surface area (Å²) in [4.78, 5) is 4.83. The van der Waals surface area contributed by atoms with Crippen molar-refractivity contribution in [2.45, 2.75) is 52.1 Å². The van der Waals surface area contributed by atoms with Crippen molar-refractivity contribution in [3.8, 4) is 0 Å². The third-order valence-corrected chi connectivity index (χ3v) is 4.54. The van der Waals surface area contributed by atoms with Gasteiger partial charge in [-0.15, -0.1) is 11.6 Å². The van der Waals surface area contributed by atoms with E-state index >= 15 is 0 Å². The van der Waals surface area contributed by atoms with Crippen LogP contribution >= 0.6 is 11.6 Å². The molecule has 0 aromatic carbocycles. The van der Waals surface area contributed by atoms with E-state index in [2.05, 4.69) is 28.2 Å². The van der Waals surface area contributed by atoms with E-state index in [1.807, 2.05) is 6.92 Å². The zero-order chi connectivity index (χ0) is 15.0. The summed E-state index contributed by atoms with van der Waals surface area (Å²) in [5.74, 6) is 1.63. The van der Waals surface area contributed by atoms with E-state index in [1.165, 1.54) is 0 Å². The second kappa shape index (κ2) is 5.61. The van der Waals surface area contributed by atoms with Gasteiger partial charge in [-0.3, -0.25) is 0 Å². The number of nitrogens with zero attached hydrogens (tertiary/aromatic N) is 4. The summed E-state index contributed by atoms with van der Waals surface area (Å²) >= 11 is 5.99. The first-order chi connectivity index (χ1) is 10.1. The molecule has 5 nitrogen and oxygen atoms in total. The fourth-order valence-corrected chi connectivity index (χ4v) is 3.52. The van der Waals surface area contributed by atoms with Gasteiger partial charge in [0, 0.05) is 25.5 Å². The zero-order valence-corrected chi connectivity index (χ0v) is 13.8. The summed E-state index contributed by atoms with van der Waals surface area (Å²) < 4.78 is 10.2. The van der Waals surface area contributed by atoms with Crippen molar-refractivity contribution in [3.05, 3.63) is 11.5 Å². The fraction of sp³-hybridized carbons (Fsp3) is 0.733. The average molecular weight is 311 g/mol. The van der Waals surface area contributed by atoms with Gasteiger partial charge in [0.15, 0.2) is 5.65 Å². The maximum absolute atomic E-state index is 5.99. The molecule has 1 atom stereocenters. The summed E-state index contributed by atoms with van der Waals surface area (Å²) in [5, 5.41) is 4.62. The number of aryl methyl sites for hydroxylation is 3. The Kier molecular flexibility index (Phi) is 3.97. The summed E-state index contributed by atoms with van der Waals surface area (Å²) in [6.45, 7) is 8.81. The van der Waals surface area contributed by atoms with E-state index in [-0.39, 0.29) is 5.54 Å². The number of rotatable bonds is 4. The highest BCUT2D eigenvalue weighted by atomic mass is 35.5. The first-order valence-corrected chi connectivity index (χ1v) is 8.23. The smallest absolute Gasteiger partial charge is 0.159 e. The molecular formula is C15H23ClN4O. The molecule has 0 spiro atoms. The normalized spacial score (nSPS) is 23.0. The molecule has 1 unspecified atom stereocenters. The van der Waals surface area contributed by atoms with Gasteiger partial charge in [-0.2, -0.15) is 5.10 Å². The molecule has 0 amide bonds. The Balaban J connectivity index is 2.23. The van der Waals surface area contributed by atoms with Gasteiger partial charge in [0.25, 0.3) is 0 Å². The third kappa shape index (κ3) is 2.36. The summed E-state index contributed by atoms with van der Waals surface area (Å²) in [5.41, 5.74) is 3.04. The van der Waals surface area contributed by atoms with E-state index in [9.17, 15) is 0 Å². The van der Waals surface area contributed by atoms with Gasteiger partial charge >= 0.3 is 0 Å². The van der Waals surface area contributed by atoms with Gasteiger partial charge < -0.3 is 9.30 Å². The van der Waals surface area contributed by atoms with Crippen LogP contribution in [0.1, 0.15) is 38.2 Å². The van der Waals surface area contributed by atoms with Gasteiger partial charge in [-0.1, -0.05) is 0 Å². The molecule has 6 heteroatoms. The molecular weight excluding hydrogens is 288 g/mol. The number of hydrogen-bond donors (Lipinski definition) is 0. The van der Waals surface area contributed by atoms with Gasteiger partial charge in [-0.25, -0.2) is 9.67 Å². The lowest BCUT2D eigenvalue weighted by Gasteiger charge is -2.36. The number of fused-ring (bicyclic) bond motifs is 1. The van der Waals surface area contributed by atoms with E-state index in [1.54, 1.807) is 0 Å². The molecule has 0 saturated carbocycles. The van der Waals surface area contributed by atoms with E-state index in [4.69, 9.17) is 21.3 Å². The van der Waals surface area contributed by atoms with Crippen LogP contribution in [0, 0.1) is 6.92 Å². The van der Waals surface area contributed by atoms with Crippen molar-refractivity contribution < 1.29 is 4.74 Å². The number of hydrogen-bond acceptors (Lipinski definition) is 3. The number of aromatic nitrogens is 4. The number of ether oxygens (including phenoxy) is 1. The predicted molar refractivity (Wildman–Crippen MR) is 84.1 cm³/mol. The first kappa shape index (κ1) is 14.9. The quantitative estimate of drug-likeness (QED) is 0.816. The van der Waals surface area contributed by atoms with Crippen LogP contribution in [0.25, 0.3) is 11.2 Å². The Bertz CT molecular complexity index is 640. The topological polar surface area (TPSA) is 44.9 Å². The van der Waals surface area contributed by atoms with E-state index in [0.717, 1.165) is 61.7 Å². The van der Waals surface area contributed by atoms with Crippen LogP contribution in [0.5, 0.6) is 0 Å². The van der Waals surface area contributed by atoms with Gasteiger partial charge in [0.2, 0.25) is 0 Å². The Morgan fingerprint density at radius 1 is 1.43 bits per heavy atom. The predicted octanol–water partition coefficient (Wildman–Crippen LogP) is 2.87. The SMILES string of the molecule is CCn1nc(C)c2nc(CCCl)n(C3(C)CCCOC3)c21. The van der Waals surface area contributed by atoms with Crippen molar-refractivity contribution >= 4 is 22.8 Å². The zero-order valence-electron chi connectivity index (χ0n) is 13.0. The molecule has 21 heavy (non-hydrogen) atoms. The van der Waals surface area contributed by atoms with Crippen molar-refractivity contribution in [2.75, 3.05) is 19.1 Å². The third-order valence-electron chi connectivity index (χ3n) is 4.35. The Labute approximate surface area is 130 Å². The Morgan fingerprint density at radius 3 is 2.86 bits per heavy atom. The largest absolute Gasteiger partial charge is 0.379 e. The first-order valence-electron chi connectivity index (χ1n) is 7.69. The average Bonchev–Trinajstić information content (AvgIpc) is 2.98. The number of imidazole rings is 1. The van der Waals surface area contributed by atoms with E-state index < -0.39 is 0 Å². The van der Waals surface area contributed by atoms with Crippen LogP contribution in [-0.4, -0.2) is 38.4 Å². The highest BCUT2D eigenvalue weighted by Crippen LogP contribution is 2.33. The molecule has 3 heterocycles. The maximum Gasteiger partial charge on any atom is 0.159 e. The molecule has 0 N–H and O–H groups in total. The Morgan fingerprint density at radius 2 is 2.24 bits per heavy atom. The number of alkyl halides is 1. The maximum atomic E-state index is 5.99. The van der Waals surface area contributed by atoms with Crippen molar-refractivity contribution in [1.29, 1.82) is 0 Å². The molecule has 1 aliphatic heterocycles. The molecule has 2 aromatic rings. The highest BCUT2D eigenvalue weighted by Gasteiger charge is 2.35. The van der Waals surface area contributed by atoms with Gasteiger partial charge in [-0.05, 0) is 33.6 Å². The fourth-order valence-electron chi connectivity index (χ4n) is 3.35. The van der Waals surface area contributed by atoms with Crippen LogP contribution < -0.4 is 0 Å². The summed E-state index contributed by atoms with van der Waals surface area (Å²) in [6, 6.07) is 0. The van der Waals surface area contributed by atoms with Crippen LogP contribution in [0.4, 0.5) is 0 Å². The molecule has 2 aromatic heterocycles. The molecule has 0 bridgehead atoms. The van der Waals surface area contributed by atoms with Gasteiger partial charge in [0.05, 0.1) is 17.8 Å². The molecule has 1 saturated heterocycles. The molecule has 0 radical (unpaired) electrons. The van der Waals surface area contributed by atoms with E-state index in [0.29, 0.717) is 5.88 Å². The molecule has 1 aliphatic rings. The summed E-state index contributed by atoms with van der Waals surface area (Å²) in [6.07, 6.45) is 2.95. The summed E-state index contributed by atoms with van der Waals surface area (Å²) in [7, 11) is 0. The Hall–Kier alpha value is -1.07. The standard InChI is InChI=1S/C15H23ClN4O/c1-4-19-14-13(11(2)18-19)17-12(6-8-16)20(14)15(3)7-5-9-21-10-15/h4-10H2,1-3H3. The molecule has 0 aliphatic carbocycles. The second-order valence-corrected chi connectivity index (χ2v) is 6.41. The molecule has 1 fully saturated rings. The lowest BCUT2D eigenvalue weighted by Crippen LogP contribution is -2.40. The second-order valence-electron chi connectivity index (χ2n) is 6.03. The minimum atomic E-state index is -0.0617. The highest BCUT2D eigenvalue weighted by molar-refractivity contribution is 6.17. The van der Waals surface area contributed by atoms with Crippen LogP contribution in [0.3, 0.4) is 0 Å². The van der Waals surface area contributed by atoms with Crippen LogP contribution in [-0.2, 0) is 23.2 Å². The molecule has 3 rings (SSSR count). The van der Waals surface area contributed by atoms with Crippen molar-refractivity contribution in [2.24, 2.45) is 0 Å². The minimum absolute atomic E-state index is 0.0617. The lowest BCUT2D eigenvalue weighted by atomic mass is 9.94. The monoisotopic (exact) mass is 310 g/mol. The van der Waals surface area contributed by atoms with Crippen molar-refractivity contribution in [1.82, 2.24) is 19.3 Å². The minimum Gasteiger partial charge on any atom is -0.379 e. The lowest BCUT2D eigenvalue weighted by molar-refractivity contribution is 0.00968. The van der Waals surface area contributed by atoms with Gasteiger partial charge in [0.1, 0.15) is 11.3 Å². The van der Waals surface area contributed by atoms with Crippen LogP contribution in [0.2, 0.25) is 0 Å².